The molecule has 0 amide bonds. The Balaban J connectivity index is 2.23. The van der Waals surface area contributed by atoms with Crippen molar-refractivity contribution in [3.63, 3.8) is 0 Å². The molecule has 0 N–H and O–H groups in total. The van der Waals surface area contributed by atoms with E-state index in [9.17, 15) is 0 Å². The minimum Gasteiger partial charge on any atom is -0.437 e. The van der Waals surface area contributed by atoms with Crippen LogP contribution in [0.5, 0.6) is 11.6 Å². The number of nitrogens with zero attached hydrogens (tertiary/aromatic N) is 2. The molecule has 0 unspecified atom stereocenters. The summed E-state index contributed by atoms with van der Waals surface area (Å²) in [6, 6.07) is 6.23. The SMILES string of the molecule is Cc1ccc(C(C)C)cc1Oc1cnc(CCl)cn1. The maximum absolute atomic E-state index is 5.78. The first kappa shape index (κ1) is 13.8. The van der Waals surface area contributed by atoms with Crippen LogP contribution >= 0.6 is 11.6 Å². The van der Waals surface area contributed by atoms with Gasteiger partial charge in [-0.1, -0.05) is 26.0 Å². The monoisotopic (exact) mass is 276 g/mol. The fourth-order valence-corrected chi connectivity index (χ4v) is 1.80. The molecule has 0 aliphatic rings. The fourth-order valence-electron chi connectivity index (χ4n) is 1.66. The highest BCUT2D eigenvalue weighted by Crippen LogP contribution is 2.27. The van der Waals surface area contributed by atoms with Crippen LogP contribution in [0.15, 0.2) is 30.6 Å². The molecule has 1 aromatic heterocycles. The zero-order valence-electron chi connectivity index (χ0n) is 11.4. The summed E-state index contributed by atoms with van der Waals surface area (Å²) < 4.78 is 5.78. The third-order valence-electron chi connectivity index (χ3n) is 2.91. The maximum atomic E-state index is 5.78. The number of alkyl halides is 1. The van der Waals surface area contributed by atoms with Crippen LogP contribution in [0.1, 0.15) is 36.6 Å². The Labute approximate surface area is 118 Å². The van der Waals surface area contributed by atoms with Crippen LogP contribution in [-0.4, -0.2) is 9.97 Å². The molecule has 0 aliphatic heterocycles. The molecule has 0 radical (unpaired) electrons. The molecule has 4 heteroatoms. The van der Waals surface area contributed by atoms with Crippen molar-refractivity contribution in [3.8, 4) is 11.6 Å². The van der Waals surface area contributed by atoms with Crippen molar-refractivity contribution in [2.45, 2.75) is 32.6 Å². The standard InChI is InChI=1S/C15H17ClN2O/c1-10(2)12-5-4-11(3)14(6-12)19-15-9-17-13(7-16)8-18-15/h4-6,8-10H,7H2,1-3H3. The van der Waals surface area contributed by atoms with Gasteiger partial charge in [-0.15, -0.1) is 11.6 Å². The van der Waals surface area contributed by atoms with Crippen LogP contribution in [0.3, 0.4) is 0 Å². The van der Waals surface area contributed by atoms with Crippen molar-refractivity contribution in [2.75, 3.05) is 0 Å². The van der Waals surface area contributed by atoms with Gasteiger partial charge in [0.25, 0.3) is 0 Å². The van der Waals surface area contributed by atoms with E-state index in [1.807, 2.05) is 6.92 Å². The Morgan fingerprint density at radius 3 is 2.58 bits per heavy atom. The summed E-state index contributed by atoms with van der Waals surface area (Å²) in [5.41, 5.74) is 3.06. The second-order valence-electron chi connectivity index (χ2n) is 4.76. The topological polar surface area (TPSA) is 35.0 Å². The van der Waals surface area contributed by atoms with E-state index in [1.54, 1.807) is 12.4 Å². The van der Waals surface area contributed by atoms with Crippen LogP contribution in [0.4, 0.5) is 0 Å². The molecule has 0 saturated heterocycles. The predicted molar refractivity (Wildman–Crippen MR) is 76.9 cm³/mol. The Morgan fingerprint density at radius 1 is 1.21 bits per heavy atom. The van der Waals surface area contributed by atoms with Gasteiger partial charge in [0.05, 0.1) is 24.0 Å². The van der Waals surface area contributed by atoms with Gasteiger partial charge in [-0.25, -0.2) is 4.98 Å². The number of aromatic nitrogens is 2. The molecule has 0 bridgehead atoms. The normalized spacial score (nSPS) is 10.8. The van der Waals surface area contributed by atoms with E-state index in [1.165, 1.54) is 5.56 Å². The summed E-state index contributed by atoms with van der Waals surface area (Å²) in [5.74, 6) is 2.12. The second kappa shape index (κ2) is 6.02. The number of benzene rings is 1. The molecule has 2 rings (SSSR count). The predicted octanol–water partition coefficient (Wildman–Crippen LogP) is 4.44. The number of hydrogen-bond acceptors (Lipinski definition) is 3. The lowest BCUT2D eigenvalue weighted by Crippen LogP contribution is -1.95. The fraction of sp³-hybridized carbons (Fsp3) is 0.333. The average Bonchev–Trinajstić information content (AvgIpc) is 2.42. The maximum Gasteiger partial charge on any atom is 0.237 e. The molecule has 0 saturated carbocycles. The van der Waals surface area contributed by atoms with Crippen LogP contribution in [0, 0.1) is 6.92 Å². The van der Waals surface area contributed by atoms with Gasteiger partial charge in [0.2, 0.25) is 5.88 Å². The minimum atomic E-state index is 0.356. The van der Waals surface area contributed by atoms with E-state index >= 15 is 0 Å². The molecule has 0 spiro atoms. The Hall–Kier alpha value is -1.61. The van der Waals surface area contributed by atoms with Crippen molar-refractivity contribution in [1.29, 1.82) is 0 Å². The lowest BCUT2D eigenvalue weighted by atomic mass is 10.0. The van der Waals surface area contributed by atoms with E-state index in [4.69, 9.17) is 16.3 Å². The van der Waals surface area contributed by atoms with Gasteiger partial charge in [-0.3, -0.25) is 4.98 Å². The first-order valence-corrected chi connectivity index (χ1v) is 6.79. The smallest absolute Gasteiger partial charge is 0.237 e. The van der Waals surface area contributed by atoms with E-state index in [0.29, 0.717) is 17.7 Å². The van der Waals surface area contributed by atoms with Gasteiger partial charge in [0.1, 0.15) is 5.75 Å². The van der Waals surface area contributed by atoms with Crippen LogP contribution in [-0.2, 0) is 5.88 Å². The third-order valence-corrected chi connectivity index (χ3v) is 3.19. The molecule has 2 aromatic rings. The molecule has 0 atom stereocenters. The lowest BCUT2D eigenvalue weighted by molar-refractivity contribution is 0.455. The van der Waals surface area contributed by atoms with Gasteiger partial charge in [0, 0.05) is 0 Å². The molecular weight excluding hydrogens is 260 g/mol. The largest absolute Gasteiger partial charge is 0.437 e. The van der Waals surface area contributed by atoms with Crippen molar-refractivity contribution >= 4 is 11.6 Å². The van der Waals surface area contributed by atoms with Gasteiger partial charge in [-0.05, 0) is 30.0 Å². The van der Waals surface area contributed by atoms with Gasteiger partial charge in [0.15, 0.2) is 0 Å². The van der Waals surface area contributed by atoms with Crippen molar-refractivity contribution < 1.29 is 4.74 Å². The summed E-state index contributed by atoms with van der Waals surface area (Å²) in [6.45, 7) is 6.33. The average molecular weight is 277 g/mol. The Kier molecular flexibility index (Phi) is 4.38. The molecular formula is C15H17ClN2O. The summed E-state index contributed by atoms with van der Waals surface area (Å²) in [4.78, 5) is 8.35. The number of ether oxygens (including phenoxy) is 1. The number of hydrogen-bond donors (Lipinski definition) is 0. The first-order chi connectivity index (χ1) is 9.10. The molecule has 100 valence electrons. The zero-order chi connectivity index (χ0) is 13.8. The highest BCUT2D eigenvalue weighted by molar-refractivity contribution is 6.16. The lowest BCUT2D eigenvalue weighted by Gasteiger charge is -2.11. The number of aryl methyl sites for hydroxylation is 1. The molecule has 3 nitrogen and oxygen atoms in total. The van der Waals surface area contributed by atoms with E-state index in [-0.39, 0.29) is 0 Å². The number of rotatable bonds is 4. The first-order valence-electron chi connectivity index (χ1n) is 6.25. The molecule has 1 heterocycles. The summed E-state index contributed by atoms with van der Waals surface area (Å²) in [6.07, 6.45) is 3.23. The number of halogens is 1. The second-order valence-corrected chi connectivity index (χ2v) is 5.03. The molecule has 1 aromatic carbocycles. The third kappa shape index (κ3) is 3.44. The summed E-state index contributed by atoms with van der Waals surface area (Å²) in [5, 5.41) is 0. The molecule has 19 heavy (non-hydrogen) atoms. The van der Waals surface area contributed by atoms with Crippen molar-refractivity contribution in [2.24, 2.45) is 0 Å². The van der Waals surface area contributed by atoms with Crippen LogP contribution in [0.25, 0.3) is 0 Å². The highest BCUT2D eigenvalue weighted by Gasteiger charge is 2.07. The Morgan fingerprint density at radius 2 is 2.00 bits per heavy atom. The van der Waals surface area contributed by atoms with Gasteiger partial charge in [-0.2, -0.15) is 0 Å². The Bertz CT molecular complexity index is 553. The summed E-state index contributed by atoms with van der Waals surface area (Å²) in [7, 11) is 0. The zero-order valence-corrected chi connectivity index (χ0v) is 12.1. The van der Waals surface area contributed by atoms with Crippen molar-refractivity contribution in [1.82, 2.24) is 9.97 Å². The quantitative estimate of drug-likeness (QED) is 0.775. The minimum absolute atomic E-state index is 0.356. The van der Waals surface area contributed by atoms with Crippen LogP contribution < -0.4 is 4.74 Å². The molecule has 0 fully saturated rings. The van der Waals surface area contributed by atoms with E-state index < -0.39 is 0 Å². The van der Waals surface area contributed by atoms with Crippen molar-refractivity contribution in [3.05, 3.63) is 47.4 Å². The van der Waals surface area contributed by atoms with E-state index in [0.717, 1.165) is 17.0 Å². The van der Waals surface area contributed by atoms with E-state index in [2.05, 4.69) is 42.0 Å². The van der Waals surface area contributed by atoms with Gasteiger partial charge >= 0.3 is 0 Å². The van der Waals surface area contributed by atoms with Crippen LogP contribution in [0.2, 0.25) is 0 Å². The highest BCUT2D eigenvalue weighted by atomic mass is 35.5. The summed E-state index contributed by atoms with van der Waals surface area (Å²) >= 11 is 5.68. The van der Waals surface area contributed by atoms with Gasteiger partial charge < -0.3 is 4.74 Å². The molecule has 0 aliphatic carbocycles.